The van der Waals surface area contributed by atoms with Crippen LogP contribution < -0.4 is 20.6 Å². The molecule has 0 atom stereocenters. The van der Waals surface area contributed by atoms with Gasteiger partial charge in [0.2, 0.25) is 0 Å². The third kappa shape index (κ3) is 6.54. The number of nitrogens with zero attached hydrogens (tertiary/aromatic N) is 2. The van der Waals surface area contributed by atoms with E-state index < -0.39 is 0 Å². The molecule has 0 saturated carbocycles. The van der Waals surface area contributed by atoms with Crippen LogP contribution in [-0.4, -0.2) is 6.85 Å². The minimum absolute atomic E-state index is 0.124. The van der Waals surface area contributed by atoms with Gasteiger partial charge in [0.15, 0.2) is 0 Å². The monoisotopic (exact) mass is 916 g/mol. The molecule has 0 unspecified atom stereocenters. The Morgan fingerprint density at radius 3 is 1.70 bits per heavy atom. The highest BCUT2D eigenvalue weighted by Crippen LogP contribution is 2.61. The Labute approximate surface area is 421 Å². The van der Waals surface area contributed by atoms with Gasteiger partial charge in [-0.2, -0.15) is 0 Å². The fourth-order valence-corrected chi connectivity index (χ4v) is 13.4. The van der Waals surface area contributed by atoms with Crippen LogP contribution in [0.15, 0.2) is 188 Å². The molecule has 2 aliphatic carbocycles. The van der Waals surface area contributed by atoms with E-state index in [0.717, 1.165) is 25.7 Å². The van der Waals surface area contributed by atoms with Crippen molar-refractivity contribution in [3.05, 3.63) is 221 Å². The first-order valence-corrected chi connectivity index (χ1v) is 26.3. The minimum atomic E-state index is -0.280. The van der Waals surface area contributed by atoms with E-state index >= 15 is 0 Å². The predicted molar refractivity (Wildman–Crippen MR) is 303 cm³/mol. The van der Waals surface area contributed by atoms with Gasteiger partial charge in [-0.15, -0.1) is 0 Å². The van der Waals surface area contributed by atoms with Crippen molar-refractivity contribution < 1.29 is 0 Å². The molecule has 0 saturated heterocycles. The number of aryl methyl sites for hydroxylation is 2. The summed E-state index contributed by atoms with van der Waals surface area (Å²) in [4.78, 5) is 5.49. The number of unbranched alkanes of at least 4 members (excludes halogenated alkanes) is 2. The number of hydrogen-bond acceptors (Lipinski definition) is 2. The van der Waals surface area contributed by atoms with Crippen molar-refractivity contribution in [2.45, 2.75) is 90.9 Å². The van der Waals surface area contributed by atoms with E-state index in [4.69, 9.17) is 0 Å². The Kier molecular flexibility index (Phi) is 10.2. The van der Waals surface area contributed by atoms with E-state index in [1.807, 2.05) is 0 Å². The molecule has 13 rings (SSSR count). The second-order valence-electron chi connectivity index (χ2n) is 21.7. The molecule has 4 aliphatic rings. The van der Waals surface area contributed by atoms with Crippen molar-refractivity contribution in [1.82, 2.24) is 0 Å². The van der Waals surface area contributed by atoms with Crippen molar-refractivity contribution in [1.29, 1.82) is 0 Å². The molecule has 0 radical (unpaired) electrons. The summed E-state index contributed by atoms with van der Waals surface area (Å²) in [6.45, 7) is 14.4. The normalized spacial score (nSPS) is 14.8. The maximum absolute atomic E-state index is 2.76. The lowest BCUT2D eigenvalue weighted by molar-refractivity contribution is 0.661. The van der Waals surface area contributed by atoms with Crippen LogP contribution >= 0.6 is 0 Å². The van der Waals surface area contributed by atoms with Crippen molar-refractivity contribution in [3.63, 3.8) is 0 Å². The third-order valence-electron chi connectivity index (χ3n) is 16.7. The van der Waals surface area contributed by atoms with E-state index in [2.05, 4.69) is 239 Å². The van der Waals surface area contributed by atoms with Crippen LogP contribution in [0.5, 0.6) is 0 Å². The van der Waals surface area contributed by atoms with Gasteiger partial charge < -0.3 is 9.71 Å². The molecule has 0 N–H and O–H groups in total. The lowest BCUT2D eigenvalue weighted by Crippen LogP contribution is -2.62. The lowest BCUT2D eigenvalue weighted by Gasteiger charge is -2.48. The van der Waals surface area contributed by atoms with Gasteiger partial charge in [0.1, 0.15) is 0 Å². The van der Waals surface area contributed by atoms with Crippen LogP contribution in [0.3, 0.4) is 0 Å². The Morgan fingerprint density at radius 2 is 1.01 bits per heavy atom. The van der Waals surface area contributed by atoms with Crippen LogP contribution in [0.4, 0.5) is 28.4 Å². The number of anilines is 5. The molecule has 71 heavy (non-hydrogen) atoms. The molecule has 2 heterocycles. The fraction of sp³-hybridized carbons (Fsp3) is 0.206. The molecule has 9 aromatic rings. The summed E-state index contributed by atoms with van der Waals surface area (Å²) in [5.74, 6) is 0. The van der Waals surface area contributed by atoms with Crippen molar-refractivity contribution in [3.8, 4) is 55.6 Å². The van der Waals surface area contributed by atoms with Gasteiger partial charge in [-0.25, -0.2) is 0 Å². The van der Waals surface area contributed by atoms with Crippen molar-refractivity contribution in [2.24, 2.45) is 0 Å². The van der Waals surface area contributed by atoms with Gasteiger partial charge in [-0.3, -0.25) is 0 Å². The molecular weight excluding hydrogens is 856 g/mol. The molecule has 0 fully saturated rings. The molecule has 9 aromatic carbocycles. The Balaban J connectivity index is 1.20. The Bertz CT molecular complexity index is 3570. The molecule has 0 aromatic heterocycles. The standard InChI is InChI=1S/C68H61BN2/c1-7-9-21-44-31-35-49(36-32-44)71-60-40-34-48(46-23-13-11-14-24-46)42-55(60)62-63-54(51-28-18-20-30-57(51)67(63,3)4)43-61-65(62)69(71)58-38-37-52-50-27-17-19-29-56(50)68(5,6)64(52)66(58)70(61)59-39-33-45(22-10-8-2)41-53(59)47-25-15-12-16-26-47/h11-20,23-43H,7-10,21-22H2,1-6H3. The topological polar surface area (TPSA) is 6.48 Å². The molecule has 2 nitrogen and oxygen atoms in total. The molecular formula is C68H61BN2. The maximum Gasteiger partial charge on any atom is 0.333 e. The highest BCUT2D eigenvalue weighted by atomic mass is 15.2. The van der Waals surface area contributed by atoms with Gasteiger partial charge in [0.05, 0.1) is 5.69 Å². The summed E-state index contributed by atoms with van der Waals surface area (Å²) in [7, 11) is 0. The van der Waals surface area contributed by atoms with Crippen LogP contribution in [0.25, 0.3) is 55.6 Å². The molecule has 3 heteroatoms. The van der Waals surface area contributed by atoms with E-state index in [1.54, 1.807) is 0 Å². The first kappa shape index (κ1) is 43.6. The largest absolute Gasteiger partial charge is 0.376 e. The van der Waals surface area contributed by atoms with Crippen LogP contribution in [-0.2, 0) is 23.7 Å². The zero-order valence-electron chi connectivity index (χ0n) is 42.1. The van der Waals surface area contributed by atoms with Crippen LogP contribution in [0, 0.1) is 0 Å². The van der Waals surface area contributed by atoms with E-state index in [9.17, 15) is 0 Å². The van der Waals surface area contributed by atoms with Gasteiger partial charge in [0, 0.05) is 44.7 Å². The maximum atomic E-state index is 2.76. The predicted octanol–water partition coefficient (Wildman–Crippen LogP) is 17.0. The summed E-state index contributed by atoms with van der Waals surface area (Å²) in [6.07, 6.45) is 6.84. The Morgan fingerprint density at radius 1 is 0.423 bits per heavy atom. The molecule has 346 valence electrons. The average Bonchev–Trinajstić information content (AvgIpc) is 3.79. The summed E-state index contributed by atoms with van der Waals surface area (Å²) in [5, 5.41) is 0. The SMILES string of the molecule is CCCCc1ccc(N2B3c4ccc5c(c4N(c4ccc(CCCC)cc4-c4ccccc4)c4cc6c(c(c43)-c3cc(-c4ccccc4)ccc32)C(C)(C)c2ccccc2-6)C(C)(C)c2ccccc2-5)cc1. The van der Waals surface area contributed by atoms with E-state index in [1.165, 1.54) is 141 Å². The second-order valence-corrected chi connectivity index (χ2v) is 21.7. The zero-order chi connectivity index (χ0) is 48.2. The van der Waals surface area contributed by atoms with Gasteiger partial charge in [-0.05, 0) is 157 Å². The quantitative estimate of drug-likeness (QED) is 0.126. The highest BCUT2D eigenvalue weighted by molar-refractivity contribution is 6.93. The van der Waals surface area contributed by atoms with E-state index in [-0.39, 0.29) is 17.7 Å². The summed E-state index contributed by atoms with van der Waals surface area (Å²) in [6, 6.07) is 72.6. The zero-order valence-corrected chi connectivity index (χ0v) is 42.1. The number of fused-ring (bicyclic) bond motifs is 12. The summed E-state index contributed by atoms with van der Waals surface area (Å²) >= 11 is 0. The minimum Gasteiger partial charge on any atom is -0.376 e. The van der Waals surface area contributed by atoms with Gasteiger partial charge in [-0.1, -0.05) is 200 Å². The molecule has 0 bridgehead atoms. The highest BCUT2D eigenvalue weighted by Gasteiger charge is 2.52. The molecule has 0 spiro atoms. The first-order chi connectivity index (χ1) is 34.7. The van der Waals surface area contributed by atoms with Crippen LogP contribution in [0.1, 0.15) is 101 Å². The lowest BCUT2D eigenvalue weighted by atomic mass is 9.42. The number of benzene rings is 9. The van der Waals surface area contributed by atoms with E-state index in [0.29, 0.717) is 0 Å². The third-order valence-corrected chi connectivity index (χ3v) is 16.7. The smallest absolute Gasteiger partial charge is 0.333 e. The fourth-order valence-electron chi connectivity index (χ4n) is 13.4. The number of rotatable bonds is 10. The number of hydrogen-bond donors (Lipinski definition) is 0. The van der Waals surface area contributed by atoms with Crippen LogP contribution in [0.2, 0.25) is 0 Å². The van der Waals surface area contributed by atoms with Crippen molar-refractivity contribution in [2.75, 3.05) is 9.71 Å². The molecule has 2 aliphatic heterocycles. The first-order valence-electron chi connectivity index (χ1n) is 26.3. The van der Waals surface area contributed by atoms with Gasteiger partial charge >= 0.3 is 6.85 Å². The summed E-state index contributed by atoms with van der Waals surface area (Å²) < 4.78 is 0. The summed E-state index contributed by atoms with van der Waals surface area (Å²) in [5.41, 5.74) is 29.9. The average molecular weight is 917 g/mol. The second kappa shape index (κ2) is 16.6. The Hall–Kier alpha value is -7.36. The molecule has 0 amide bonds. The van der Waals surface area contributed by atoms with Gasteiger partial charge in [0.25, 0.3) is 0 Å². The van der Waals surface area contributed by atoms with Crippen molar-refractivity contribution >= 4 is 46.2 Å².